The predicted octanol–water partition coefficient (Wildman–Crippen LogP) is 3.45. The van der Waals surface area contributed by atoms with Gasteiger partial charge in [0.2, 0.25) is 0 Å². The number of anilines is 1. The summed E-state index contributed by atoms with van der Waals surface area (Å²) in [5.74, 6) is 1.13. The van der Waals surface area contributed by atoms with Gasteiger partial charge in [0.05, 0.1) is 20.2 Å². The molecule has 28 heavy (non-hydrogen) atoms. The Morgan fingerprint density at radius 1 is 1.04 bits per heavy atom. The quantitative estimate of drug-likeness (QED) is 0.315. The molecule has 7 heteroatoms. The van der Waals surface area contributed by atoms with Crippen molar-refractivity contribution in [3.8, 4) is 5.75 Å². The fourth-order valence-electron chi connectivity index (χ4n) is 2.58. The van der Waals surface area contributed by atoms with Crippen LogP contribution in [0.1, 0.15) is 11.1 Å². The Balaban J connectivity index is 0.00000280. The molecule has 3 aromatic rings. The van der Waals surface area contributed by atoms with Crippen molar-refractivity contribution >= 4 is 35.6 Å². The third-order valence-electron chi connectivity index (χ3n) is 4.07. The molecule has 0 bridgehead atoms. The number of guanidine groups is 1. The molecule has 0 saturated carbocycles. The van der Waals surface area contributed by atoms with Crippen molar-refractivity contribution in [1.29, 1.82) is 0 Å². The van der Waals surface area contributed by atoms with Gasteiger partial charge < -0.3 is 20.4 Å². The van der Waals surface area contributed by atoms with Gasteiger partial charge in [-0.25, -0.2) is 4.99 Å². The smallest absolute Gasteiger partial charge is 0.250 e. The van der Waals surface area contributed by atoms with Crippen LogP contribution in [-0.2, 0) is 13.1 Å². The summed E-state index contributed by atoms with van der Waals surface area (Å²) in [5.41, 5.74) is 8.88. The Kier molecular flexibility index (Phi) is 8.06. The minimum Gasteiger partial charge on any atom is -0.497 e. The van der Waals surface area contributed by atoms with E-state index in [-0.39, 0.29) is 29.5 Å². The maximum atomic E-state index is 11.8. The largest absolute Gasteiger partial charge is 0.497 e. The zero-order valence-electron chi connectivity index (χ0n) is 15.5. The Morgan fingerprint density at radius 3 is 2.36 bits per heavy atom. The summed E-state index contributed by atoms with van der Waals surface area (Å²) >= 11 is 0. The lowest BCUT2D eigenvalue weighted by Crippen LogP contribution is -2.22. The normalized spacial score (nSPS) is 10.8. The van der Waals surface area contributed by atoms with Gasteiger partial charge in [0.25, 0.3) is 5.56 Å². The van der Waals surface area contributed by atoms with Gasteiger partial charge in [0, 0.05) is 18.0 Å². The first kappa shape index (κ1) is 21.5. The summed E-state index contributed by atoms with van der Waals surface area (Å²) in [6, 6.07) is 20.6. The van der Waals surface area contributed by atoms with Gasteiger partial charge in [-0.15, -0.1) is 24.0 Å². The molecular weight excluding hydrogens is 467 g/mol. The number of aliphatic imine (C=N–C) groups is 1. The lowest BCUT2D eigenvalue weighted by Gasteiger charge is -2.08. The highest BCUT2D eigenvalue weighted by Crippen LogP contribution is 2.14. The summed E-state index contributed by atoms with van der Waals surface area (Å²) < 4.78 is 6.80. The van der Waals surface area contributed by atoms with Gasteiger partial charge in [0.15, 0.2) is 5.96 Å². The van der Waals surface area contributed by atoms with E-state index < -0.39 is 0 Å². The van der Waals surface area contributed by atoms with Crippen LogP contribution in [0.15, 0.2) is 82.7 Å². The number of ether oxygens (including phenoxy) is 1. The Bertz CT molecular complexity index is 967. The van der Waals surface area contributed by atoms with Crippen molar-refractivity contribution < 1.29 is 4.74 Å². The van der Waals surface area contributed by atoms with Gasteiger partial charge in [-0.05, 0) is 41.5 Å². The number of nitrogens with two attached hydrogens (primary N) is 1. The van der Waals surface area contributed by atoms with E-state index in [0.29, 0.717) is 19.0 Å². The topological polar surface area (TPSA) is 81.6 Å². The van der Waals surface area contributed by atoms with Crippen molar-refractivity contribution in [3.63, 3.8) is 0 Å². The SMILES string of the molecule is COc1ccc(NC(N)=NCc2ccc(Cn3ccccc3=O)cc2)cc1.I. The summed E-state index contributed by atoms with van der Waals surface area (Å²) in [5, 5.41) is 3.05. The number of aromatic nitrogens is 1. The highest BCUT2D eigenvalue weighted by molar-refractivity contribution is 14.0. The zero-order chi connectivity index (χ0) is 19.1. The molecule has 0 fully saturated rings. The van der Waals surface area contributed by atoms with Crippen LogP contribution >= 0.6 is 24.0 Å². The lowest BCUT2D eigenvalue weighted by atomic mass is 10.1. The van der Waals surface area contributed by atoms with E-state index in [4.69, 9.17) is 10.5 Å². The van der Waals surface area contributed by atoms with Crippen LogP contribution in [0.2, 0.25) is 0 Å². The molecule has 0 radical (unpaired) electrons. The molecule has 0 aliphatic heterocycles. The fraction of sp³-hybridized carbons (Fsp3) is 0.143. The molecule has 146 valence electrons. The molecule has 0 atom stereocenters. The summed E-state index contributed by atoms with van der Waals surface area (Å²) in [7, 11) is 1.63. The van der Waals surface area contributed by atoms with Crippen LogP contribution < -0.4 is 21.3 Å². The van der Waals surface area contributed by atoms with E-state index in [0.717, 1.165) is 22.6 Å². The lowest BCUT2D eigenvalue weighted by molar-refractivity contribution is 0.415. The van der Waals surface area contributed by atoms with Crippen molar-refractivity contribution in [1.82, 2.24) is 4.57 Å². The molecule has 0 saturated heterocycles. The van der Waals surface area contributed by atoms with Crippen molar-refractivity contribution in [2.45, 2.75) is 13.1 Å². The Labute approximate surface area is 181 Å². The summed E-state index contributed by atoms with van der Waals surface area (Å²) in [6.07, 6.45) is 1.78. The monoisotopic (exact) mass is 490 g/mol. The number of rotatable bonds is 6. The highest BCUT2D eigenvalue weighted by Gasteiger charge is 1.99. The second kappa shape index (κ2) is 10.5. The number of halogens is 1. The van der Waals surface area contributed by atoms with E-state index in [9.17, 15) is 4.79 Å². The molecule has 0 spiro atoms. The summed E-state index contributed by atoms with van der Waals surface area (Å²) in [4.78, 5) is 16.1. The molecule has 0 aliphatic carbocycles. The number of nitrogens with zero attached hydrogens (tertiary/aromatic N) is 2. The van der Waals surface area contributed by atoms with E-state index >= 15 is 0 Å². The minimum absolute atomic E-state index is 0. The molecule has 0 amide bonds. The Hall–Kier alpha value is -2.81. The van der Waals surface area contributed by atoms with Crippen LogP contribution in [-0.4, -0.2) is 17.6 Å². The first-order valence-corrected chi connectivity index (χ1v) is 8.58. The third kappa shape index (κ3) is 6.12. The van der Waals surface area contributed by atoms with Gasteiger partial charge in [-0.3, -0.25) is 4.79 Å². The minimum atomic E-state index is -0.0106. The fourth-order valence-corrected chi connectivity index (χ4v) is 2.58. The van der Waals surface area contributed by atoms with Crippen molar-refractivity contribution in [3.05, 3.63) is 94.4 Å². The first-order chi connectivity index (χ1) is 13.1. The molecule has 1 aromatic heterocycles. The predicted molar refractivity (Wildman–Crippen MR) is 124 cm³/mol. The Morgan fingerprint density at radius 2 is 1.71 bits per heavy atom. The van der Waals surface area contributed by atoms with E-state index in [1.165, 1.54) is 0 Å². The van der Waals surface area contributed by atoms with Gasteiger partial charge >= 0.3 is 0 Å². The van der Waals surface area contributed by atoms with Crippen LogP contribution in [0.3, 0.4) is 0 Å². The zero-order valence-corrected chi connectivity index (χ0v) is 17.9. The number of benzene rings is 2. The molecule has 3 rings (SSSR count). The molecule has 0 unspecified atom stereocenters. The van der Waals surface area contributed by atoms with Crippen LogP contribution in [0.4, 0.5) is 5.69 Å². The molecule has 1 heterocycles. The van der Waals surface area contributed by atoms with E-state index in [2.05, 4.69) is 10.3 Å². The van der Waals surface area contributed by atoms with Crippen molar-refractivity contribution in [2.24, 2.45) is 10.7 Å². The summed E-state index contributed by atoms with van der Waals surface area (Å²) in [6.45, 7) is 1.02. The molecular formula is C21H23IN4O2. The molecule has 2 aromatic carbocycles. The standard InChI is InChI=1S/C21H22N4O2.HI/c1-27-19-11-9-18(10-12-19)24-21(22)23-14-16-5-7-17(8-6-16)15-25-13-3-2-4-20(25)26;/h2-13H,14-15H2,1H3,(H3,22,23,24);1H. The number of pyridine rings is 1. The van der Waals surface area contributed by atoms with Gasteiger partial charge in [0.1, 0.15) is 5.75 Å². The number of hydrogen-bond donors (Lipinski definition) is 2. The van der Waals surface area contributed by atoms with Crippen LogP contribution in [0.25, 0.3) is 0 Å². The third-order valence-corrected chi connectivity index (χ3v) is 4.07. The average molecular weight is 490 g/mol. The first-order valence-electron chi connectivity index (χ1n) is 8.58. The van der Waals surface area contributed by atoms with Crippen LogP contribution in [0, 0.1) is 0 Å². The van der Waals surface area contributed by atoms with Gasteiger partial charge in [-0.2, -0.15) is 0 Å². The average Bonchev–Trinajstić information content (AvgIpc) is 2.70. The van der Waals surface area contributed by atoms with Crippen molar-refractivity contribution in [2.75, 3.05) is 12.4 Å². The highest BCUT2D eigenvalue weighted by atomic mass is 127. The second-order valence-corrected chi connectivity index (χ2v) is 6.04. The molecule has 6 nitrogen and oxygen atoms in total. The second-order valence-electron chi connectivity index (χ2n) is 6.04. The van der Waals surface area contributed by atoms with Gasteiger partial charge in [-0.1, -0.05) is 30.3 Å². The maximum Gasteiger partial charge on any atom is 0.250 e. The number of methoxy groups -OCH3 is 1. The number of hydrogen-bond acceptors (Lipinski definition) is 3. The number of nitrogens with one attached hydrogen (secondary N) is 1. The van der Waals surface area contributed by atoms with Crippen LogP contribution in [0.5, 0.6) is 5.75 Å². The maximum absolute atomic E-state index is 11.8. The molecule has 0 aliphatic rings. The molecule has 3 N–H and O–H groups in total. The van der Waals surface area contributed by atoms with E-state index in [1.807, 2.05) is 54.6 Å². The van der Waals surface area contributed by atoms with E-state index in [1.54, 1.807) is 30.0 Å².